The number of nitrogens with two attached hydrogens (primary N) is 1. The van der Waals surface area contributed by atoms with Gasteiger partial charge in [0.05, 0.1) is 12.2 Å². The maximum atomic E-state index is 9.13. The number of piperidine rings is 1. The van der Waals surface area contributed by atoms with Gasteiger partial charge in [-0.2, -0.15) is 0 Å². The van der Waals surface area contributed by atoms with E-state index in [4.69, 9.17) is 15.3 Å². The van der Waals surface area contributed by atoms with Crippen molar-refractivity contribution in [2.45, 2.75) is 19.4 Å². The van der Waals surface area contributed by atoms with Gasteiger partial charge in [0, 0.05) is 6.61 Å². The van der Waals surface area contributed by atoms with Crippen LogP contribution in [0.15, 0.2) is 22.6 Å². The summed E-state index contributed by atoms with van der Waals surface area (Å²) >= 11 is 0. The number of rotatable bonds is 3. The molecule has 0 saturated carbocycles. The Morgan fingerprint density at radius 1 is 1.37 bits per heavy atom. The van der Waals surface area contributed by atoms with Crippen molar-refractivity contribution in [2.75, 3.05) is 25.4 Å². The molecule has 5 heteroatoms. The summed E-state index contributed by atoms with van der Waals surface area (Å²) in [6, 6.07) is 5.60. The normalized spacial score (nSPS) is 18.2. The molecule has 19 heavy (non-hydrogen) atoms. The Morgan fingerprint density at radius 3 is 2.84 bits per heavy atom. The number of hydrogen-bond donors (Lipinski definition) is 2. The molecule has 1 saturated heterocycles. The Labute approximate surface area is 112 Å². The largest absolute Gasteiger partial charge is 0.439 e. The Hall–Kier alpha value is -1.59. The molecule has 2 heterocycles. The Kier molecular flexibility index (Phi) is 3.40. The van der Waals surface area contributed by atoms with Crippen molar-refractivity contribution >= 4 is 16.8 Å². The number of fused-ring (bicyclic) bond motifs is 1. The average molecular weight is 261 g/mol. The van der Waals surface area contributed by atoms with Gasteiger partial charge >= 0.3 is 0 Å². The summed E-state index contributed by atoms with van der Waals surface area (Å²) in [7, 11) is 0. The van der Waals surface area contributed by atoms with Gasteiger partial charge in [-0.3, -0.25) is 4.90 Å². The molecular formula is C14H19N3O2. The third-order valence-electron chi connectivity index (χ3n) is 3.82. The molecule has 0 radical (unpaired) electrons. The maximum Gasteiger partial charge on any atom is 0.209 e. The van der Waals surface area contributed by atoms with Gasteiger partial charge in [-0.15, -0.1) is 0 Å². The van der Waals surface area contributed by atoms with Gasteiger partial charge < -0.3 is 15.3 Å². The van der Waals surface area contributed by atoms with Crippen molar-refractivity contribution in [3.05, 3.63) is 24.1 Å². The lowest BCUT2D eigenvalue weighted by molar-refractivity contribution is 0.121. The summed E-state index contributed by atoms with van der Waals surface area (Å²) in [4.78, 5) is 6.78. The second-order valence-electron chi connectivity index (χ2n) is 5.20. The predicted octanol–water partition coefficient (Wildman–Crippen LogP) is 1.61. The summed E-state index contributed by atoms with van der Waals surface area (Å²) in [5.41, 5.74) is 8.04. The summed E-state index contributed by atoms with van der Waals surface area (Å²) in [6.07, 6.45) is 2.08. The highest BCUT2D eigenvalue weighted by Crippen LogP contribution is 2.23. The second-order valence-corrected chi connectivity index (χ2v) is 5.20. The van der Waals surface area contributed by atoms with Crippen molar-refractivity contribution in [1.29, 1.82) is 0 Å². The van der Waals surface area contributed by atoms with Crippen molar-refractivity contribution in [2.24, 2.45) is 5.92 Å². The first-order valence-electron chi connectivity index (χ1n) is 6.73. The third kappa shape index (κ3) is 2.57. The number of aromatic nitrogens is 1. The summed E-state index contributed by atoms with van der Waals surface area (Å²) < 4.78 is 5.72. The molecule has 0 spiro atoms. The third-order valence-corrected chi connectivity index (χ3v) is 3.82. The molecule has 1 aliphatic rings. The lowest BCUT2D eigenvalue weighted by atomic mass is 9.98. The van der Waals surface area contributed by atoms with Gasteiger partial charge in [0.25, 0.3) is 0 Å². The number of oxazole rings is 1. The van der Waals surface area contributed by atoms with Crippen LogP contribution in [0.3, 0.4) is 0 Å². The standard InChI is InChI=1S/C14H19N3O2/c15-11-2-1-3-12-14(11)16-13(19-12)8-17-6-4-10(9-18)5-7-17/h1-3,10,18H,4-9,15H2. The average Bonchev–Trinajstić information content (AvgIpc) is 2.84. The molecule has 3 N–H and O–H groups in total. The number of aliphatic hydroxyl groups excluding tert-OH is 1. The molecular weight excluding hydrogens is 242 g/mol. The van der Waals surface area contributed by atoms with E-state index >= 15 is 0 Å². The van der Waals surface area contributed by atoms with E-state index in [2.05, 4.69) is 9.88 Å². The number of hydrogen-bond acceptors (Lipinski definition) is 5. The quantitative estimate of drug-likeness (QED) is 0.821. The van der Waals surface area contributed by atoms with E-state index < -0.39 is 0 Å². The van der Waals surface area contributed by atoms with Gasteiger partial charge in [-0.25, -0.2) is 4.98 Å². The summed E-state index contributed by atoms with van der Waals surface area (Å²) in [5.74, 6) is 1.17. The van der Waals surface area contributed by atoms with Crippen LogP contribution in [0.4, 0.5) is 5.69 Å². The van der Waals surface area contributed by atoms with Crippen LogP contribution in [-0.4, -0.2) is 34.7 Å². The first-order chi connectivity index (χ1) is 9.26. The number of nitrogen functional groups attached to an aromatic ring is 1. The van der Waals surface area contributed by atoms with E-state index in [0.717, 1.165) is 42.9 Å². The first-order valence-corrected chi connectivity index (χ1v) is 6.73. The molecule has 0 aliphatic carbocycles. The van der Waals surface area contributed by atoms with Crippen molar-refractivity contribution < 1.29 is 9.52 Å². The van der Waals surface area contributed by atoms with E-state index in [1.807, 2.05) is 18.2 Å². The molecule has 5 nitrogen and oxygen atoms in total. The second kappa shape index (κ2) is 5.19. The van der Waals surface area contributed by atoms with Crippen LogP contribution in [0.1, 0.15) is 18.7 Å². The minimum atomic E-state index is 0.299. The fourth-order valence-electron chi connectivity index (χ4n) is 2.60. The minimum Gasteiger partial charge on any atom is -0.439 e. The summed E-state index contributed by atoms with van der Waals surface area (Å²) in [5, 5.41) is 9.13. The van der Waals surface area contributed by atoms with Crippen LogP contribution in [0, 0.1) is 5.92 Å². The van der Waals surface area contributed by atoms with E-state index in [1.165, 1.54) is 0 Å². The molecule has 0 unspecified atom stereocenters. The molecule has 1 aromatic heterocycles. The zero-order valence-corrected chi connectivity index (χ0v) is 10.9. The SMILES string of the molecule is Nc1cccc2oc(CN3CCC(CO)CC3)nc12. The van der Waals surface area contributed by atoms with E-state index in [-0.39, 0.29) is 0 Å². The zero-order chi connectivity index (χ0) is 13.2. The van der Waals surface area contributed by atoms with Gasteiger partial charge in [-0.1, -0.05) is 6.07 Å². The van der Waals surface area contributed by atoms with Crippen LogP contribution in [0.2, 0.25) is 0 Å². The molecule has 2 aromatic rings. The molecule has 102 valence electrons. The fourth-order valence-corrected chi connectivity index (χ4v) is 2.60. The molecule has 1 aliphatic heterocycles. The number of likely N-dealkylation sites (tertiary alicyclic amines) is 1. The van der Waals surface area contributed by atoms with Gasteiger partial charge in [-0.05, 0) is 44.0 Å². The number of para-hydroxylation sites is 1. The Bertz CT molecular complexity index is 559. The lowest BCUT2D eigenvalue weighted by Crippen LogP contribution is -2.34. The van der Waals surface area contributed by atoms with E-state index in [9.17, 15) is 0 Å². The van der Waals surface area contributed by atoms with Gasteiger partial charge in [0.2, 0.25) is 5.89 Å². The van der Waals surface area contributed by atoms with Gasteiger partial charge in [0.15, 0.2) is 5.58 Å². The van der Waals surface area contributed by atoms with Crippen LogP contribution in [0.25, 0.3) is 11.1 Å². The fraction of sp³-hybridized carbons (Fsp3) is 0.500. The molecule has 3 rings (SSSR count). The smallest absolute Gasteiger partial charge is 0.209 e. The molecule has 1 aromatic carbocycles. The highest BCUT2D eigenvalue weighted by molar-refractivity contribution is 5.85. The molecule has 0 bridgehead atoms. The summed E-state index contributed by atoms with van der Waals surface area (Å²) in [6.45, 7) is 2.98. The number of nitrogens with zero attached hydrogens (tertiary/aromatic N) is 2. The predicted molar refractivity (Wildman–Crippen MR) is 73.5 cm³/mol. The zero-order valence-electron chi connectivity index (χ0n) is 10.9. The monoisotopic (exact) mass is 261 g/mol. The van der Waals surface area contributed by atoms with Crippen molar-refractivity contribution in [1.82, 2.24) is 9.88 Å². The van der Waals surface area contributed by atoms with Crippen LogP contribution < -0.4 is 5.73 Å². The Balaban J connectivity index is 1.70. The molecule has 0 amide bonds. The number of aliphatic hydroxyl groups is 1. The lowest BCUT2D eigenvalue weighted by Gasteiger charge is -2.29. The Morgan fingerprint density at radius 2 is 2.16 bits per heavy atom. The van der Waals surface area contributed by atoms with E-state index in [0.29, 0.717) is 24.8 Å². The molecule has 1 fully saturated rings. The van der Waals surface area contributed by atoms with Crippen LogP contribution in [-0.2, 0) is 6.54 Å². The first kappa shape index (κ1) is 12.4. The topological polar surface area (TPSA) is 75.5 Å². The number of benzene rings is 1. The van der Waals surface area contributed by atoms with E-state index in [1.54, 1.807) is 0 Å². The van der Waals surface area contributed by atoms with Crippen molar-refractivity contribution in [3.8, 4) is 0 Å². The highest BCUT2D eigenvalue weighted by atomic mass is 16.3. The van der Waals surface area contributed by atoms with Crippen molar-refractivity contribution in [3.63, 3.8) is 0 Å². The maximum absolute atomic E-state index is 9.13. The molecule has 0 atom stereocenters. The van der Waals surface area contributed by atoms with Crippen LogP contribution in [0.5, 0.6) is 0 Å². The highest BCUT2D eigenvalue weighted by Gasteiger charge is 2.20. The number of anilines is 1. The van der Waals surface area contributed by atoms with Gasteiger partial charge in [0.1, 0.15) is 5.52 Å². The minimum absolute atomic E-state index is 0.299. The van der Waals surface area contributed by atoms with Crippen LogP contribution >= 0.6 is 0 Å².